The first kappa shape index (κ1) is 22.9. The molecule has 0 spiro atoms. The second kappa shape index (κ2) is 10.0. The number of rotatable bonds is 8. The van der Waals surface area contributed by atoms with Crippen molar-refractivity contribution in [3.8, 4) is 0 Å². The summed E-state index contributed by atoms with van der Waals surface area (Å²) in [6.45, 7) is 5.60. The maximum atomic E-state index is 13.4. The van der Waals surface area contributed by atoms with Crippen LogP contribution in [0.4, 0.5) is 10.5 Å². The number of allylic oxidation sites excluding steroid dienone is 2. The zero-order valence-corrected chi connectivity index (χ0v) is 18.2. The van der Waals surface area contributed by atoms with Crippen molar-refractivity contribution in [1.29, 1.82) is 0 Å². The fourth-order valence-electron chi connectivity index (χ4n) is 4.01. The van der Waals surface area contributed by atoms with Crippen LogP contribution in [0.5, 0.6) is 0 Å². The van der Waals surface area contributed by atoms with Crippen molar-refractivity contribution in [2.75, 3.05) is 18.6 Å². The van der Waals surface area contributed by atoms with E-state index in [1.54, 1.807) is 24.3 Å². The number of fused-ring (bicyclic) bond motifs is 1. The van der Waals surface area contributed by atoms with E-state index in [2.05, 4.69) is 6.58 Å². The van der Waals surface area contributed by atoms with Crippen molar-refractivity contribution in [3.05, 3.63) is 93.6 Å². The first-order chi connectivity index (χ1) is 15.3. The number of ether oxygens (including phenoxy) is 1. The minimum Gasteiger partial charge on any atom is -0.452 e. The Morgan fingerprint density at radius 3 is 2.41 bits per heavy atom. The highest BCUT2D eigenvalue weighted by molar-refractivity contribution is 6.39. The third kappa shape index (κ3) is 4.94. The van der Waals surface area contributed by atoms with Crippen LogP contribution in [0.2, 0.25) is 0 Å². The highest BCUT2D eigenvalue weighted by Crippen LogP contribution is 2.42. The molecule has 7 heteroatoms. The zero-order chi connectivity index (χ0) is 23.3. The SMILES string of the molecule is C=C(C)CC/C(C[C@@H](C[N+](=O)[O-])c1ccccc1)=C1/C(=O)N(C(=O)OC)c2ccccc21. The van der Waals surface area contributed by atoms with E-state index in [-0.39, 0.29) is 11.5 Å². The fourth-order valence-corrected chi connectivity index (χ4v) is 4.01. The molecule has 166 valence electrons. The average Bonchev–Trinajstić information content (AvgIpc) is 3.07. The molecular weight excluding hydrogens is 408 g/mol. The third-order valence-corrected chi connectivity index (χ3v) is 5.53. The van der Waals surface area contributed by atoms with Gasteiger partial charge in [0, 0.05) is 16.1 Å². The van der Waals surface area contributed by atoms with Crippen molar-refractivity contribution in [1.82, 2.24) is 0 Å². The van der Waals surface area contributed by atoms with Crippen molar-refractivity contribution >= 4 is 23.3 Å². The lowest BCUT2D eigenvalue weighted by Gasteiger charge is -2.18. The Morgan fingerprint density at radius 1 is 1.12 bits per heavy atom. The number of methoxy groups -OCH3 is 1. The zero-order valence-electron chi connectivity index (χ0n) is 18.2. The van der Waals surface area contributed by atoms with Gasteiger partial charge in [-0.3, -0.25) is 14.9 Å². The highest BCUT2D eigenvalue weighted by atomic mass is 16.6. The molecule has 0 saturated carbocycles. The first-order valence-electron chi connectivity index (χ1n) is 10.4. The quantitative estimate of drug-likeness (QED) is 0.241. The van der Waals surface area contributed by atoms with E-state index in [9.17, 15) is 19.7 Å². The van der Waals surface area contributed by atoms with E-state index in [4.69, 9.17) is 4.74 Å². The Kier molecular flexibility index (Phi) is 7.20. The normalized spacial score (nSPS) is 15.2. The molecule has 0 bridgehead atoms. The van der Waals surface area contributed by atoms with Gasteiger partial charge in [-0.05, 0) is 37.8 Å². The van der Waals surface area contributed by atoms with Gasteiger partial charge in [-0.2, -0.15) is 0 Å². The second-order valence-electron chi connectivity index (χ2n) is 7.89. The van der Waals surface area contributed by atoms with E-state index >= 15 is 0 Å². The molecule has 0 aromatic heterocycles. The van der Waals surface area contributed by atoms with Crippen LogP contribution in [-0.2, 0) is 9.53 Å². The number of benzene rings is 2. The summed E-state index contributed by atoms with van der Waals surface area (Å²) in [6, 6.07) is 16.3. The monoisotopic (exact) mass is 434 g/mol. The number of nitro groups is 1. The molecular formula is C25H26N2O5. The van der Waals surface area contributed by atoms with E-state index in [1.807, 2.05) is 37.3 Å². The van der Waals surface area contributed by atoms with Crippen LogP contribution in [0.15, 0.2) is 72.3 Å². The molecule has 0 saturated heterocycles. The smallest absolute Gasteiger partial charge is 0.421 e. The van der Waals surface area contributed by atoms with Crippen molar-refractivity contribution < 1.29 is 19.2 Å². The summed E-state index contributed by atoms with van der Waals surface area (Å²) in [6.07, 6.45) is 0.706. The Morgan fingerprint density at radius 2 is 1.78 bits per heavy atom. The Hall–Kier alpha value is -3.74. The standard InChI is InChI=1S/C25H26N2O5/c1-17(2)13-14-19(15-20(16-26(30)31)18-9-5-4-6-10-18)23-21-11-7-8-12-22(21)27(24(23)28)25(29)32-3/h4-12,20H,1,13-16H2,2-3H3/b23-19-/t20-/m0/s1. The van der Waals surface area contributed by atoms with Crippen LogP contribution >= 0.6 is 0 Å². The molecule has 2 amide bonds. The van der Waals surface area contributed by atoms with Crippen LogP contribution in [0.25, 0.3) is 5.57 Å². The Bertz CT molecular complexity index is 1070. The molecule has 0 aliphatic carbocycles. The summed E-state index contributed by atoms with van der Waals surface area (Å²) in [5.74, 6) is -0.881. The van der Waals surface area contributed by atoms with Gasteiger partial charge in [0.2, 0.25) is 6.54 Å². The minimum absolute atomic E-state index is 0.260. The molecule has 2 aromatic carbocycles. The Balaban J connectivity index is 2.13. The number of imide groups is 1. The number of amides is 2. The van der Waals surface area contributed by atoms with Gasteiger partial charge in [0.1, 0.15) is 0 Å². The molecule has 3 rings (SSSR count). The van der Waals surface area contributed by atoms with Crippen LogP contribution < -0.4 is 4.90 Å². The van der Waals surface area contributed by atoms with Crippen molar-refractivity contribution in [2.45, 2.75) is 32.1 Å². The molecule has 0 fully saturated rings. The highest BCUT2D eigenvalue weighted by Gasteiger charge is 2.39. The molecule has 32 heavy (non-hydrogen) atoms. The number of para-hydroxylation sites is 1. The number of carbonyl (C=O) groups is 2. The van der Waals surface area contributed by atoms with Gasteiger partial charge in [-0.1, -0.05) is 59.7 Å². The lowest BCUT2D eigenvalue weighted by atomic mass is 9.86. The Labute approximate surface area is 187 Å². The van der Waals surface area contributed by atoms with Gasteiger partial charge < -0.3 is 4.74 Å². The van der Waals surface area contributed by atoms with E-state index < -0.39 is 17.9 Å². The number of hydrogen-bond donors (Lipinski definition) is 0. The summed E-state index contributed by atoms with van der Waals surface area (Å²) in [4.78, 5) is 37.9. The minimum atomic E-state index is -0.762. The summed E-state index contributed by atoms with van der Waals surface area (Å²) in [5, 5.41) is 11.4. The predicted molar refractivity (Wildman–Crippen MR) is 123 cm³/mol. The molecule has 1 heterocycles. The fraction of sp³-hybridized carbons (Fsp3) is 0.280. The lowest BCUT2D eigenvalue weighted by Crippen LogP contribution is -2.33. The summed E-state index contributed by atoms with van der Waals surface area (Å²) >= 11 is 0. The average molecular weight is 434 g/mol. The van der Waals surface area contributed by atoms with Crippen LogP contribution in [0.3, 0.4) is 0 Å². The summed E-state index contributed by atoms with van der Waals surface area (Å²) in [7, 11) is 1.23. The number of nitrogens with zero attached hydrogens (tertiary/aromatic N) is 2. The van der Waals surface area contributed by atoms with Crippen LogP contribution in [0.1, 0.15) is 43.2 Å². The van der Waals surface area contributed by atoms with Gasteiger partial charge >= 0.3 is 6.09 Å². The van der Waals surface area contributed by atoms with E-state index in [0.29, 0.717) is 36.1 Å². The first-order valence-corrected chi connectivity index (χ1v) is 10.4. The molecule has 7 nitrogen and oxygen atoms in total. The molecule has 1 aliphatic rings. The van der Waals surface area contributed by atoms with E-state index in [1.165, 1.54) is 7.11 Å². The summed E-state index contributed by atoms with van der Waals surface area (Å²) in [5.41, 5.74) is 4.05. The molecule has 0 N–H and O–H groups in total. The van der Waals surface area contributed by atoms with Crippen LogP contribution in [-0.4, -0.2) is 30.6 Å². The largest absolute Gasteiger partial charge is 0.452 e. The van der Waals surface area contributed by atoms with Crippen LogP contribution in [0, 0.1) is 10.1 Å². The molecule has 1 atom stereocenters. The van der Waals surface area contributed by atoms with Gasteiger partial charge in [-0.15, -0.1) is 6.58 Å². The summed E-state index contributed by atoms with van der Waals surface area (Å²) < 4.78 is 4.83. The number of carbonyl (C=O) groups excluding carboxylic acids is 2. The predicted octanol–water partition coefficient (Wildman–Crippen LogP) is 5.36. The van der Waals surface area contributed by atoms with Gasteiger partial charge in [0.15, 0.2) is 0 Å². The van der Waals surface area contributed by atoms with Crippen molar-refractivity contribution in [3.63, 3.8) is 0 Å². The maximum absolute atomic E-state index is 13.4. The van der Waals surface area contributed by atoms with Crippen molar-refractivity contribution in [2.24, 2.45) is 0 Å². The van der Waals surface area contributed by atoms with E-state index in [0.717, 1.165) is 21.6 Å². The number of hydrogen-bond acceptors (Lipinski definition) is 5. The topological polar surface area (TPSA) is 89.8 Å². The van der Waals surface area contributed by atoms with Gasteiger partial charge in [-0.25, -0.2) is 9.69 Å². The third-order valence-electron chi connectivity index (χ3n) is 5.53. The number of anilines is 1. The maximum Gasteiger partial charge on any atom is 0.421 e. The molecule has 2 aromatic rings. The lowest BCUT2D eigenvalue weighted by molar-refractivity contribution is -0.483. The molecule has 0 radical (unpaired) electrons. The molecule has 0 unspecified atom stereocenters. The van der Waals surface area contributed by atoms with Gasteiger partial charge in [0.25, 0.3) is 5.91 Å². The van der Waals surface area contributed by atoms with Gasteiger partial charge in [0.05, 0.1) is 18.7 Å². The second-order valence-corrected chi connectivity index (χ2v) is 7.89. The molecule has 1 aliphatic heterocycles.